The van der Waals surface area contributed by atoms with E-state index in [2.05, 4.69) is 144 Å². The van der Waals surface area contributed by atoms with Crippen LogP contribution >= 0.6 is 0 Å². The minimum absolute atomic E-state index is 0. The SMILES string of the molecule is CC1=CCC[C@H](C)C1c1c(C)nn(-c2[c-]c(Oc3[c-]c4c(cc3)c3ccccc3n4-c3cc(CC(C)C)ccn3)cc(C(C)(C)C)c2)c1C.[Pt+2]. The monoisotopic (exact) mass is 843 g/mol. The van der Waals surface area contributed by atoms with Gasteiger partial charge in [-0.05, 0) is 92.1 Å². The summed E-state index contributed by atoms with van der Waals surface area (Å²) in [7, 11) is 0. The normalized spacial score (nSPS) is 16.6. The summed E-state index contributed by atoms with van der Waals surface area (Å²) in [6.45, 7) is 20.2. The molecule has 3 aromatic heterocycles. The minimum Gasteiger partial charge on any atom is -0.509 e. The van der Waals surface area contributed by atoms with E-state index in [-0.39, 0.29) is 26.5 Å². The van der Waals surface area contributed by atoms with Crippen molar-refractivity contribution in [3.05, 3.63) is 119 Å². The second kappa shape index (κ2) is 14.0. The number of allylic oxidation sites excluding steroid dienone is 2. The molecule has 0 radical (unpaired) electrons. The number of rotatable bonds is 7. The second-order valence-electron chi connectivity index (χ2n) is 15.5. The van der Waals surface area contributed by atoms with Gasteiger partial charge in [0.25, 0.3) is 0 Å². The molecule has 0 saturated carbocycles. The van der Waals surface area contributed by atoms with Crippen molar-refractivity contribution in [2.45, 2.75) is 92.9 Å². The number of ether oxygens (including phenoxy) is 1. The van der Waals surface area contributed by atoms with Gasteiger partial charge in [0.2, 0.25) is 0 Å². The Hall–Kier alpha value is -3.95. The fourth-order valence-electron chi connectivity index (χ4n) is 7.77. The summed E-state index contributed by atoms with van der Waals surface area (Å²) in [5.74, 6) is 3.69. The number of aromatic nitrogens is 4. The minimum atomic E-state index is -0.106. The zero-order valence-electron chi connectivity index (χ0n) is 30.8. The first-order valence-electron chi connectivity index (χ1n) is 17.8. The molecule has 0 bridgehead atoms. The van der Waals surface area contributed by atoms with Gasteiger partial charge in [0.15, 0.2) is 0 Å². The van der Waals surface area contributed by atoms with Gasteiger partial charge in [-0.1, -0.05) is 76.9 Å². The molecule has 0 fully saturated rings. The van der Waals surface area contributed by atoms with E-state index in [4.69, 9.17) is 14.8 Å². The fourth-order valence-corrected chi connectivity index (χ4v) is 7.77. The van der Waals surface area contributed by atoms with Gasteiger partial charge in [0, 0.05) is 40.4 Å². The van der Waals surface area contributed by atoms with E-state index >= 15 is 0 Å². The maximum Gasteiger partial charge on any atom is 2.00 e. The quantitative estimate of drug-likeness (QED) is 0.119. The zero-order valence-corrected chi connectivity index (χ0v) is 33.1. The van der Waals surface area contributed by atoms with E-state index in [0.717, 1.165) is 57.4 Å². The van der Waals surface area contributed by atoms with Crippen molar-refractivity contribution in [2.75, 3.05) is 0 Å². The van der Waals surface area contributed by atoms with Crippen LogP contribution in [-0.2, 0) is 32.9 Å². The van der Waals surface area contributed by atoms with Gasteiger partial charge >= 0.3 is 21.1 Å². The number of hydrogen-bond donors (Lipinski definition) is 0. The van der Waals surface area contributed by atoms with Crippen molar-refractivity contribution in [1.82, 2.24) is 19.3 Å². The molecule has 3 aromatic carbocycles. The Bertz CT molecular complexity index is 2210. The van der Waals surface area contributed by atoms with Crippen molar-refractivity contribution >= 4 is 21.8 Å². The molecular formula is C44H48N4OPt. The van der Waals surface area contributed by atoms with E-state index in [1.807, 2.05) is 12.3 Å². The summed E-state index contributed by atoms with van der Waals surface area (Å²) in [5, 5.41) is 7.39. The Morgan fingerprint density at radius 2 is 1.72 bits per heavy atom. The van der Waals surface area contributed by atoms with Crippen molar-refractivity contribution in [3.8, 4) is 23.0 Å². The van der Waals surface area contributed by atoms with Crippen LogP contribution in [-0.4, -0.2) is 19.3 Å². The first-order chi connectivity index (χ1) is 23.4. The Morgan fingerprint density at radius 1 is 0.940 bits per heavy atom. The van der Waals surface area contributed by atoms with Gasteiger partial charge < -0.3 is 9.30 Å². The van der Waals surface area contributed by atoms with Crippen LogP contribution in [0.1, 0.15) is 95.3 Å². The molecule has 3 heterocycles. The molecule has 5 nitrogen and oxygen atoms in total. The van der Waals surface area contributed by atoms with Crippen LogP contribution in [0, 0.1) is 37.8 Å². The van der Waals surface area contributed by atoms with Gasteiger partial charge in [-0.2, -0.15) is 11.2 Å². The molecule has 2 atom stereocenters. The van der Waals surface area contributed by atoms with Gasteiger partial charge in [-0.3, -0.25) is 4.68 Å². The fraction of sp³-hybridized carbons (Fsp3) is 0.364. The standard InChI is InChI=1S/C44H48N4O.Pt/c1-27(2)21-32-19-20-45-41(22-32)47-39-16-11-10-15-37(39)38-18-17-35(26-40(38)47)49-36-24-33(44(7,8)9)23-34(25-36)48-31(6)43(30(5)46-48)42-28(3)13-12-14-29(42)4;/h10-11,13,15-20,22-24,27,29,42H,12,14,21H2,1-9H3;/q-2;+2/t29-,42?;/m0./s1. The first-order valence-corrected chi connectivity index (χ1v) is 17.8. The number of benzene rings is 3. The number of para-hydroxylation sites is 1. The zero-order chi connectivity index (χ0) is 34.6. The summed E-state index contributed by atoms with van der Waals surface area (Å²) >= 11 is 0. The van der Waals surface area contributed by atoms with Gasteiger partial charge in [-0.15, -0.1) is 41.3 Å². The largest absolute Gasteiger partial charge is 2.00 e. The summed E-state index contributed by atoms with van der Waals surface area (Å²) < 4.78 is 11.0. The molecule has 0 N–H and O–H groups in total. The molecule has 0 saturated heterocycles. The Morgan fingerprint density at radius 3 is 2.46 bits per heavy atom. The summed E-state index contributed by atoms with van der Waals surface area (Å²) in [5.41, 5.74) is 10.3. The van der Waals surface area contributed by atoms with E-state index < -0.39 is 0 Å². The van der Waals surface area contributed by atoms with Gasteiger partial charge in [-0.25, -0.2) is 4.98 Å². The van der Waals surface area contributed by atoms with Gasteiger partial charge in [0.05, 0.1) is 5.69 Å². The van der Waals surface area contributed by atoms with E-state index in [9.17, 15) is 0 Å². The molecule has 6 heteroatoms. The van der Waals surface area contributed by atoms with Crippen LogP contribution in [0.15, 0.2) is 78.5 Å². The van der Waals surface area contributed by atoms with E-state index in [1.54, 1.807) is 0 Å². The first kappa shape index (κ1) is 35.9. The van der Waals surface area contributed by atoms with Crippen LogP contribution in [0.4, 0.5) is 0 Å². The maximum atomic E-state index is 6.68. The number of pyridine rings is 1. The smallest absolute Gasteiger partial charge is 0.509 e. The predicted molar refractivity (Wildman–Crippen MR) is 201 cm³/mol. The molecule has 50 heavy (non-hydrogen) atoms. The van der Waals surface area contributed by atoms with E-state index in [0.29, 0.717) is 29.3 Å². The number of fused-ring (bicyclic) bond motifs is 3. The van der Waals surface area contributed by atoms with Crippen LogP contribution < -0.4 is 4.74 Å². The third kappa shape index (κ3) is 6.74. The van der Waals surface area contributed by atoms with Crippen LogP contribution in [0.5, 0.6) is 11.5 Å². The molecule has 260 valence electrons. The molecular weight excluding hydrogens is 796 g/mol. The molecule has 7 rings (SSSR count). The molecule has 0 amide bonds. The number of hydrogen-bond acceptors (Lipinski definition) is 3. The topological polar surface area (TPSA) is 44.9 Å². The summed E-state index contributed by atoms with van der Waals surface area (Å²) in [4.78, 5) is 4.83. The third-order valence-electron chi connectivity index (χ3n) is 10.2. The molecule has 1 aliphatic carbocycles. The predicted octanol–water partition coefficient (Wildman–Crippen LogP) is 11.3. The average molecular weight is 844 g/mol. The molecule has 1 unspecified atom stereocenters. The summed E-state index contributed by atoms with van der Waals surface area (Å²) in [6.07, 6.45) is 7.68. The Labute approximate surface area is 312 Å². The molecule has 0 aliphatic heterocycles. The third-order valence-corrected chi connectivity index (χ3v) is 10.2. The van der Waals surface area contributed by atoms with Crippen LogP contribution in [0.2, 0.25) is 0 Å². The Kier molecular flexibility index (Phi) is 10.0. The molecule has 0 spiro atoms. The summed E-state index contributed by atoms with van der Waals surface area (Å²) in [6, 6.07) is 28.5. The number of aryl methyl sites for hydroxylation is 1. The maximum absolute atomic E-state index is 6.68. The second-order valence-corrected chi connectivity index (χ2v) is 15.5. The van der Waals surface area contributed by atoms with Crippen molar-refractivity contribution in [1.29, 1.82) is 0 Å². The van der Waals surface area contributed by atoms with Crippen LogP contribution in [0.25, 0.3) is 33.3 Å². The Balaban J connectivity index is 0.00000432. The number of nitrogens with zero attached hydrogens (tertiary/aromatic N) is 4. The van der Waals surface area contributed by atoms with E-state index in [1.165, 1.54) is 28.8 Å². The van der Waals surface area contributed by atoms with Crippen molar-refractivity contribution in [2.24, 2.45) is 11.8 Å². The molecule has 1 aliphatic rings. The van der Waals surface area contributed by atoms with Crippen LogP contribution in [0.3, 0.4) is 0 Å². The van der Waals surface area contributed by atoms with Crippen molar-refractivity contribution < 1.29 is 25.8 Å². The van der Waals surface area contributed by atoms with Crippen molar-refractivity contribution in [3.63, 3.8) is 0 Å². The molecule has 6 aromatic rings. The average Bonchev–Trinajstić information content (AvgIpc) is 3.53. The van der Waals surface area contributed by atoms with Gasteiger partial charge in [0.1, 0.15) is 5.82 Å².